The first-order chi connectivity index (χ1) is 9.67. The van der Waals surface area contributed by atoms with Crippen LogP contribution in [0.4, 0.5) is 0 Å². The standard InChI is InChI=1S/C14H21N3O2S/c1-2-16-5-7-17(8-6-16)9-11-15-12(10-3-4-10)13(20-11)14(18)19/h10H,2-9H2,1H3,(H,18,19). The van der Waals surface area contributed by atoms with Crippen molar-refractivity contribution < 1.29 is 9.90 Å². The lowest BCUT2D eigenvalue weighted by Crippen LogP contribution is -2.45. The van der Waals surface area contributed by atoms with E-state index in [2.05, 4.69) is 21.7 Å². The average molecular weight is 295 g/mol. The Morgan fingerprint density at radius 1 is 1.30 bits per heavy atom. The summed E-state index contributed by atoms with van der Waals surface area (Å²) in [5, 5.41) is 10.2. The van der Waals surface area contributed by atoms with E-state index in [4.69, 9.17) is 0 Å². The van der Waals surface area contributed by atoms with Crippen molar-refractivity contribution in [3.8, 4) is 0 Å². The monoisotopic (exact) mass is 295 g/mol. The number of likely N-dealkylation sites (N-methyl/N-ethyl adjacent to an activating group) is 1. The van der Waals surface area contributed by atoms with E-state index in [1.807, 2.05) is 0 Å². The third-order valence-electron chi connectivity index (χ3n) is 4.13. The summed E-state index contributed by atoms with van der Waals surface area (Å²) < 4.78 is 0. The fourth-order valence-electron chi connectivity index (χ4n) is 2.69. The molecule has 0 atom stereocenters. The highest BCUT2D eigenvalue weighted by Crippen LogP contribution is 2.42. The minimum Gasteiger partial charge on any atom is -0.477 e. The van der Waals surface area contributed by atoms with Gasteiger partial charge >= 0.3 is 5.97 Å². The fraction of sp³-hybridized carbons (Fsp3) is 0.714. The molecule has 1 aromatic heterocycles. The van der Waals surface area contributed by atoms with Crippen LogP contribution in [0.2, 0.25) is 0 Å². The van der Waals surface area contributed by atoms with E-state index in [0.717, 1.165) is 62.8 Å². The van der Waals surface area contributed by atoms with Crippen molar-refractivity contribution in [3.63, 3.8) is 0 Å². The van der Waals surface area contributed by atoms with Crippen molar-refractivity contribution >= 4 is 17.3 Å². The summed E-state index contributed by atoms with van der Waals surface area (Å²) in [6.07, 6.45) is 2.19. The van der Waals surface area contributed by atoms with Crippen LogP contribution < -0.4 is 0 Å². The molecular formula is C14H21N3O2S. The van der Waals surface area contributed by atoms with Gasteiger partial charge in [-0.15, -0.1) is 11.3 Å². The van der Waals surface area contributed by atoms with Crippen molar-refractivity contribution in [1.29, 1.82) is 0 Å². The Morgan fingerprint density at radius 3 is 2.50 bits per heavy atom. The summed E-state index contributed by atoms with van der Waals surface area (Å²) in [7, 11) is 0. The van der Waals surface area contributed by atoms with Gasteiger partial charge in [0.25, 0.3) is 0 Å². The fourth-order valence-corrected chi connectivity index (χ4v) is 3.72. The molecule has 0 radical (unpaired) electrons. The quantitative estimate of drug-likeness (QED) is 0.898. The zero-order valence-electron chi connectivity index (χ0n) is 11.8. The second-order valence-electron chi connectivity index (χ2n) is 5.61. The van der Waals surface area contributed by atoms with E-state index in [-0.39, 0.29) is 0 Å². The molecule has 0 bridgehead atoms. The van der Waals surface area contributed by atoms with Crippen LogP contribution in [-0.4, -0.2) is 58.6 Å². The molecule has 1 N–H and O–H groups in total. The van der Waals surface area contributed by atoms with E-state index in [9.17, 15) is 9.90 Å². The van der Waals surface area contributed by atoms with E-state index in [0.29, 0.717) is 10.8 Å². The summed E-state index contributed by atoms with van der Waals surface area (Å²) in [5.74, 6) is -0.408. The maximum Gasteiger partial charge on any atom is 0.347 e. The smallest absolute Gasteiger partial charge is 0.347 e. The van der Waals surface area contributed by atoms with Gasteiger partial charge in [-0.1, -0.05) is 6.92 Å². The summed E-state index contributed by atoms with van der Waals surface area (Å²) in [4.78, 5) is 21.2. The minimum atomic E-state index is -0.813. The van der Waals surface area contributed by atoms with Gasteiger partial charge in [0.05, 0.1) is 12.2 Å². The first kappa shape index (κ1) is 14.0. The van der Waals surface area contributed by atoms with Crippen molar-refractivity contribution in [3.05, 3.63) is 15.6 Å². The summed E-state index contributed by atoms with van der Waals surface area (Å²) in [6, 6.07) is 0. The van der Waals surface area contributed by atoms with Crippen molar-refractivity contribution in [2.75, 3.05) is 32.7 Å². The number of aromatic carboxylic acids is 1. The van der Waals surface area contributed by atoms with E-state index < -0.39 is 5.97 Å². The largest absolute Gasteiger partial charge is 0.477 e. The number of thiazole rings is 1. The molecule has 3 rings (SSSR count). The molecule has 0 spiro atoms. The Bertz CT molecular complexity index is 491. The van der Waals surface area contributed by atoms with Gasteiger partial charge in [0.2, 0.25) is 0 Å². The highest BCUT2D eigenvalue weighted by atomic mass is 32.1. The number of carboxylic acid groups (broad SMARTS) is 1. The Kier molecular flexibility index (Phi) is 4.05. The molecule has 2 aliphatic rings. The van der Waals surface area contributed by atoms with Gasteiger partial charge in [0.1, 0.15) is 9.88 Å². The number of nitrogens with zero attached hydrogens (tertiary/aromatic N) is 3. The molecule has 6 heteroatoms. The second-order valence-corrected chi connectivity index (χ2v) is 6.70. The molecular weight excluding hydrogens is 274 g/mol. The Balaban J connectivity index is 1.66. The second kappa shape index (κ2) is 5.79. The molecule has 5 nitrogen and oxygen atoms in total. The number of hydrogen-bond donors (Lipinski definition) is 1. The summed E-state index contributed by atoms with van der Waals surface area (Å²) >= 11 is 1.37. The molecule has 0 amide bonds. The molecule has 1 saturated heterocycles. The van der Waals surface area contributed by atoms with E-state index >= 15 is 0 Å². The van der Waals surface area contributed by atoms with Crippen molar-refractivity contribution in [2.45, 2.75) is 32.2 Å². The zero-order chi connectivity index (χ0) is 14.1. The molecule has 0 aromatic carbocycles. The third-order valence-corrected chi connectivity index (χ3v) is 5.17. The lowest BCUT2D eigenvalue weighted by molar-refractivity contribution is 0.0700. The van der Waals surface area contributed by atoms with Gasteiger partial charge in [-0.2, -0.15) is 0 Å². The zero-order valence-corrected chi connectivity index (χ0v) is 12.7. The maximum atomic E-state index is 11.3. The number of rotatable bonds is 5. The van der Waals surface area contributed by atoms with Crippen LogP contribution >= 0.6 is 11.3 Å². The van der Waals surface area contributed by atoms with Crippen LogP contribution in [0.3, 0.4) is 0 Å². The van der Waals surface area contributed by atoms with Crippen molar-refractivity contribution in [2.24, 2.45) is 0 Å². The van der Waals surface area contributed by atoms with Gasteiger partial charge in [-0.25, -0.2) is 9.78 Å². The molecule has 110 valence electrons. The van der Waals surface area contributed by atoms with Crippen LogP contribution in [0.25, 0.3) is 0 Å². The number of carboxylic acids is 1. The van der Waals surface area contributed by atoms with Crippen LogP contribution in [-0.2, 0) is 6.54 Å². The number of piperazine rings is 1. The Labute approximate surface area is 123 Å². The number of hydrogen-bond acceptors (Lipinski definition) is 5. The highest BCUT2D eigenvalue weighted by Gasteiger charge is 2.32. The van der Waals surface area contributed by atoms with Crippen molar-refractivity contribution in [1.82, 2.24) is 14.8 Å². The van der Waals surface area contributed by atoms with Gasteiger partial charge < -0.3 is 10.0 Å². The normalized spacial score (nSPS) is 21.2. The van der Waals surface area contributed by atoms with Crippen LogP contribution in [0.5, 0.6) is 0 Å². The van der Waals surface area contributed by atoms with Crippen LogP contribution in [0.1, 0.15) is 46.1 Å². The molecule has 20 heavy (non-hydrogen) atoms. The SMILES string of the molecule is CCN1CCN(Cc2nc(C3CC3)c(C(=O)O)s2)CC1. The number of carbonyl (C=O) groups is 1. The molecule has 1 aromatic rings. The predicted molar refractivity (Wildman–Crippen MR) is 78.4 cm³/mol. The van der Waals surface area contributed by atoms with E-state index in [1.165, 1.54) is 11.3 Å². The molecule has 1 saturated carbocycles. The average Bonchev–Trinajstić information content (AvgIpc) is 3.21. The topological polar surface area (TPSA) is 56.7 Å². The molecule has 1 aliphatic heterocycles. The van der Waals surface area contributed by atoms with Crippen LogP contribution in [0, 0.1) is 0 Å². The third kappa shape index (κ3) is 3.02. The lowest BCUT2D eigenvalue weighted by Gasteiger charge is -2.33. The highest BCUT2D eigenvalue weighted by molar-refractivity contribution is 7.13. The first-order valence-corrected chi connectivity index (χ1v) is 8.16. The van der Waals surface area contributed by atoms with E-state index in [1.54, 1.807) is 0 Å². The molecule has 1 aliphatic carbocycles. The molecule has 2 heterocycles. The molecule has 2 fully saturated rings. The summed E-state index contributed by atoms with van der Waals surface area (Å²) in [5.41, 5.74) is 0.838. The number of aromatic nitrogens is 1. The minimum absolute atomic E-state index is 0.406. The van der Waals surface area contributed by atoms with Gasteiger partial charge in [0, 0.05) is 32.1 Å². The predicted octanol–water partition coefficient (Wildman–Crippen LogP) is 1.86. The first-order valence-electron chi connectivity index (χ1n) is 7.35. The maximum absolute atomic E-state index is 11.3. The van der Waals surface area contributed by atoms with Gasteiger partial charge in [-0.05, 0) is 19.4 Å². The van der Waals surface area contributed by atoms with Gasteiger partial charge in [-0.3, -0.25) is 4.90 Å². The van der Waals surface area contributed by atoms with Crippen LogP contribution in [0.15, 0.2) is 0 Å². The Morgan fingerprint density at radius 2 is 1.95 bits per heavy atom. The summed E-state index contributed by atoms with van der Waals surface area (Å²) in [6.45, 7) is 8.41. The lowest BCUT2D eigenvalue weighted by atomic mass is 10.2. The Hall–Kier alpha value is -0.980. The van der Waals surface area contributed by atoms with Gasteiger partial charge in [0.15, 0.2) is 0 Å². The molecule has 0 unspecified atom stereocenters.